The van der Waals surface area contributed by atoms with Crippen LogP contribution in [-0.2, 0) is 15.1 Å². The van der Waals surface area contributed by atoms with Gasteiger partial charge in [-0.25, -0.2) is 4.79 Å². The lowest BCUT2D eigenvalue weighted by Gasteiger charge is -2.37. The summed E-state index contributed by atoms with van der Waals surface area (Å²) in [5.41, 5.74) is 3.72. The van der Waals surface area contributed by atoms with Gasteiger partial charge in [-0.2, -0.15) is 0 Å². The minimum absolute atomic E-state index is 0.153. The number of carbonyl (C=O) groups is 1. The number of carbonyl (C=O) groups excluding carboxylic acids is 1. The molecule has 4 aromatic carbocycles. The average molecular weight is 537 g/mol. The van der Waals surface area contributed by atoms with Crippen LogP contribution < -0.4 is 14.2 Å². The highest BCUT2D eigenvalue weighted by atomic mass is 16.6. The van der Waals surface area contributed by atoms with Gasteiger partial charge in [-0.05, 0) is 65.9 Å². The molecule has 0 aliphatic carbocycles. The van der Waals surface area contributed by atoms with E-state index in [1.54, 1.807) is 27.4 Å². The second kappa shape index (κ2) is 11.3. The number of fused-ring (bicyclic) bond motifs is 3. The number of esters is 1. The van der Waals surface area contributed by atoms with Crippen molar-refractivity contribution in [3.8, 4) is 17.2 Å². The van der Waals surface area contributed by atoms with Crippen molar-refractivity contribution in [2.45, 2.75) is 12.5 Å². The van der Waals surface area contributed by atoms with Crippen LogP contribution in [0.15, 0.2) is 79.4 Å². The first-order valence-electron chi connectivity index (χ1n) is 13.0. The van der Waals surface area contributed by atoms with Crippen LogP contribution in [0.25, 0.3) is 22.9 Å². The zero-order chi connectivity index (χ0) is 28.3. The van der Waals surface area contributed by atoms with Crippen LogP contribution in [0.4, 0.5) is 0 Å². The van der Waals surface area contributed by atoms with Crippen molar-refractivity contribution in [1.29, 1.82) is 0 Å². The maximum atomic E-state index is 13.4. The molecule has 6 nitrogen and oxygen atoms in total. The van der Waals surface area contributed by atoms with Gasteiger partial charge in [0.25, 0.3) is 0 Å². The molecule has 0 saturated heterocycles. The van der Waals surface area contributed by atoms with E-state index in [1.807, 2.05) is 85.8 Å². The van der Waals surface area contributed by atoms with E-state index in [-0.39, 0.29) is 6.61 Å². The number of methoxy groups -OCH3 is 3. The quantitative estimate of drug-likeness (QED) is 0.170. The zero-order valence-corrected chi connectivity index (χ0v) is 23.2. The first kappa shape index (κ1) is 27.0. The van der Waals surface area contributed by atoms with Crippen LogP contribution in [0.2, 0.25) is 0 Å². The molecule has 0 amide bonds. The van der Waals surface area contributed by atoms with Crippen LogP contribution in [0.1, 0.15) is 38.2 Å². The molecule has 0 saturated carbocycles. The van der Waals surface area contributed by atoms with Crippen LogP contribution in [0, 0.1) is 6.92 Å². The normalized spacial score (nSPS) is 13.3. The predicted octanol–water partition coefficient (Wildman–Crippen LogP) is 6.96. The van der Waals surface area contributed by atoms with Gasteiger partial charge in [-0.1, -0.05) is 49.1 Å². The molecule has 0 radical (unpaired) electrons. The molecule has 0 unspecified atom stereocenters. The van der Waals surface area contributed by atoms with E-state index < -0.39 is 11.6 Å². The molecular weight excluding hydrogens is 504 g/mol. The van der Waals surface area contributed by atoms with Crippen molar-refractivity contribution in [3.63, 3.8) is 0 Å². The molecule has 0 fully saturated rings. The Kier molecular flexibility index (Phi) is 7.63. The average Bonchev–Trinajstić information content (AvgIpc) is 3.01. The summed E-state index contributed by atoms with van der Waals surface area (Å²) < 4.78 is 28.6. The Hall–Kier alpha value is -4.55. The molecule has 0 aromatic heterocycles. The summed E-state index contributed by atoms with van der Waals surface area (Å²) in [6.07, 6.45) is 5.75. The van der Waals surface area contributed by atoms with Crippen molar-refractivity contribution < 1.29 is 28.5 Å². The molecule has 40 heavy (non-hydrogen) atoms. The fourth-order valence-electron chi connectivity index (χ4n) is 5.16. The van der Waals surface area contributed by atoms with Gasteiger partial charge in [0.15, 0.2) is 5.60 Å². The SMILES string of the molecule is C=Cc1ccc2c3c(c(C(=O)OCCOC)c(C)c2c1)C=CC(c1ccc(OC)cc1)(c1ccc(OC)cc1)O3. The summed E-state index contributed by atoms with van der Waals surface area (Å²) >= 11 is 0. The molecule has 6 heteroatoms. The summed E-state index contributed by atoms with van der Waals surface area (Å²) in [6.45, 7) is 6.32. The predicted molar refractivity (Wildman–Crippen MR) is 157 cm³/mol. The minimum Gasteiger partial charge on any atom is -0.497 e. The summed E-state index contributed by atoms with van der Waals surface area (Å²) in [5.74, 6) is 1.66. The third-order valence-electron chi connectivity index (χ3n) is 7.33. The van der Waals surface area contributed by atoms with Crippen molar-refractivity contribution in [2.75, 3.05) is 34.5 Å². The molecule has 5 rings (SSSR count). The Morgan fingerprint density at radius 1 is 0.875 bits per heavy atom. The molecule has 1 aliphatic heterocycles. The molecule has 0 bridgehead atoms. The van der Waals surface area contributed by atoms with E-state index in [0.717, 1.165) is 44.5 Å². The molecule has 1 aliphatic rings. The van der Waals surface area contributed by atoms with E-state index in [4.69, 9.17) is 23.7 Å². The summed E-state index contributed by atoms with van der Waals surface area (Å²) in [7, 11) is 4.85. The molecule has 0 atom stereocenters. The largest absolute Gasteiger partial charge is 0.497 e. The lowest BCUT2D eigenvalue weighted by molar-refractivity contribution is 0.0386. The Morgan fingerprint density at radius 3 is 2.05 bits per heavy atom. The fraction of sp³-hybridized carbons (Fsp3) is 0.206. The van der Waals surface area contributed by atoms with E-state index in [9.17, 15) is 4.79 Å². The lowest BCUT2D eigenvalue weighted by atomic mass is 9.82. The van der Waals surface area contributed by atoms with Crippen molar-refractivity contribution in [3.05, 3.63) is 113 Å². The number of ether oxygens (including phenoxy) is 5. The summed E-state index contributed by atoms with van der Waals surface area (Å²) in [6, 6.07) is 21.6. The first-order valence-corrected chi connectivity index (χ1v) is 13.0. The number of benzene rings is 4. The Bertz CT molecular complexity index is 1530. The second-order valence-electron chi connectivity index (χ2n) is 9.51. The van der Waals surface area contributed by atoms with Crippen LogP contribution in [0.5, 0.6) is 17.2 Å². The van der Waals surface area contributed by atoms with Gasteiger partial charge in [0, 0.05) is 29.2 Å². The summed E-state index contributed by atoms with van der Waals surface area (Å²) in [5, 5.41) is 1.78. The number of rotatable bonds is 9. The van der Waals surface area contributed by atoms with E-state index in [0.29, 0.717) is 23.5 Å². The maximum Gasteiger partial charge on any atom is 0.339 e. The van der Waals surface area contributed by atoms with Gasteiger partial charge in [-0.15, -0.1) is 0 Å². The molecule has 204 valence electrons. The van der Waals surface area contributed by atoms with Gasteiger partial charge < -0.3 is 23.7 Å². The minimum atomic E-state index is -0.984. The van der Waals surface area contributed by atoms with Gasteiger partial charge in [0.2, 0.25) is 0 Å². The highest BCUT2D eigenvalue weighted by molar-refractivity contribution is 6.07. The van der Waals surface area contributed by atoms with Crippen LogP contribution >= 0.6 is 0 Å². The van der Waals surface area contributed by atoms with Gasteiger partial charge >= 0.3 is 5.97 Å². The Balaban J connectivity index is 1.76. The number of aryl methyl sites for hydroxylation is 1. The Morgan fingerprint density at radius 2 is 1.50 bits per heavy atom. The lowest BCUT2D eigenvalue weighted by Crippen LogP contribution is -2.35. The molecule has 4 aromatic rings. The van der Waals surface area contributed by atoms with Crippen molar-refractivity contribution in [1.82, 2.24) is 0 Å². The number of hydrogen-bond acceptors (Lipinski definition) is 6. The van der Waals surface area contributed by atoms with E-state index in [2.05, 4.69) is 6.58 Å². The standard InChI is InChI=1S/C34H32O6/c1-6-23-7-16-28-30(21-23)22(2)31(33(35)39-20-19-36-3)29-17-18-34(40-32(28)29,24-8-12-26(37-4)13-9-24)25-10-14-27(38-5)15-11-25/h6-18,21H,1,19-20H2,2-5H3. The van der Waals surface area contributed by atoms with Crippen molar-refractivity contribution >= 4 is 28.9 Å². The van der Waals surface area contributed by atoms with Crippen molar-refractivity contribution in [2.24, 2.45) is 0 Å². The van der Waals surface area contributed by atoms with Crippen LogP contribution in [0.3, 0.4) is 0 Å². The van der Waals surface area contributed by atoms with Crippen LogP contribution in [-0.4, -0.2) is 40.5 Å². The maximum absolute atomic E-state index is 13.4. The third kappa shape index (κ3) is 4.71. The zero-order valence-electron chi connectivity index (χ0n) is 23.2. The molecule has 1 heterocycles. The highest BCUT2D eigenvalue weighted by Gasteiger charge is 2.39. The van der Waals surface area contributed by atoms with Gasteiger partial charge in [0.05, 0.1) is 26.4 Å². The smallest absolute Gasteiger partial charge is 0.339 e. The van der Waals surface area contributed by atoms with Gasteiger partial charge in [-0.3, -0.25) is 0 Å². The topological polar surface area (TPSA) is 63.2 Å². The highest BCUT2D eigenvalue weighted by Crippen LogP contribution is 2.48. The number of hydrogen-bond donors (Lipinski definition) is 0. The van der Waals surface area contributed by atoms with Gasteiger partial charge in [0.1, 0.15) is 23.9 Å². The first-order chi connectivity index (χ1) is 19.4. The fourth-order valence-corrected chi connectivity index (χ4v) is 5.16. The molecule has 0 spiro atoms. The van der Waals surface area contributed by atoms with E-state index in [1.165, 1.54) is 0 Å². The molecule has 0 N–H and O–H groups in total. The van der Waals surface area contributed by atoms with E-state index >= 15 is 0 Å². The second-order valence-corrected chi connectivity index (χ2v) is 9.51. The molecular formula is C34H32O6. The summed E-state index contributed by atoms with van der Waals surface area (Å²) in [4.78, 5) is 13.4. The third-order valence-corrected chi connectivity index (χ3v) is 7.33. The Labute approximate surface area is 234 Å². The monoisotopic (exact) mass is 536 g/mol.